The second-order valence-electron chi connectivity index (χ2n) is 8.30. The topological polar surface area (TPSA) is 9.23 Å². The van der Waals surface area contributed by atoms with Crippen LogP contribution >= 0.6 is 0 Å². The Kier molecular flexibility index (Phi) is 7.55. The maximum atomic E-state index is 14.5. The van der Waals surface area contributed by atoms with Gasteiger partial charge in [0.05, 0.1) is 6.42 Å². The number of aryl methyl sites for hydroxylation is 1. The third-order valence-electron chi connectivity index (χ3n) is 6.00. The standard InChI is InChI=1S/C24H26F6O/c1-2-3-15-4-6-16(7-5-15)18-9-8-17(20(25)12-18)10-11-24(29,30)31-19-13-21(26)23(28)22(27)14-19/h8-9,12-16H,2-7,10-11H2,1H3. The Balaban J connectivity index is 1.59. The van der Waals surface area contributed by atoms with E-state index in [-0.39, 0.29) is 17.9 Å². The maximum Gasteiger partial charge on any atom is 0.398 e. The molecule has 0 atom stereocenters. The van der Waals surface area contributed by atoms with Crippen molar-refractivity contribution in [3.8, 4) is 5.75 Å². The summed E-state index contributed by atoms with van der Waals surface area (Å²) < 4.78 is 86.3. The smallest absolute Gasteiger partial charge is 0.398 e. The van der Waals surface area contributed by atoms with Gasteiger partial charge in [0.2, 0.25) is 0 Å². The summed E-state index contributed by atoms with van der Waals surface area (Å²) in [5, 5.41) is 0. The Bertz CT molecular complexity index is 867. The predicted octanol–water partition coefficient (Wildman–Crippen LogP) is 7.92. The Morgan fingerprint density at radius 1 is 0.903 bits per heavy atom. The molecule has 0 aromatic heterocycles. The lowest BCUT2D eigenvalue weighted by molar-refractivity contribution is -0.180. The number of hydrogen-bond donors (Lipinski definition) is 0. The highest BCUT2D eigenvalue weighted by Gasteiger charge is 2.32. The lowest BCUT2D eigenvalue weighted by Gasteiger charge is -2.28. The van der Waals surface area contributed by atoms with Crippen molar-refractivity contribution < 1.29 is 31.1 Å². The molecule has 31 heavy (non-hydrogen) atoms. The van der Waals surface area contributed by atoms with Crippen LogP contribution < -0.4 is 4.74 Å². The van der Waals surface area contributed by atoms with E-state index in [0.717, 1.165) is 43.6 Å². The summed E-state index contributed by atoms with van der Waals surface area (Å²) in [6.45, 7) is 2.17. The van der Waals surface area contributed by atoms with Crippen molar-refractivity contribution in [1.29, 1.82) is 0 Å². The van der Waals surface area contributed by atoms with Gasteiger partial charge in [-0.1, -0.05) is 31.9 Å². The van der Waals surface area contributed by atoms with Crippen molar-refractivity contribution in [3.63, 3.8) is 0 Å². The highest BCUT2D eigenvalue weighted by Crippen LogP contribution is 2.38. The third kappa shape index (κ3) is 6.17. The quantitative estimate of drug-likeness (QED) is 0.297. The van der Waals surface area contributed by atoms with E-state index in [2.05, 4.69) is 11.7 Å². The Labute approximate surface area is 178 Å². The van der Waals surface area contributed by atoms with Crippen LogP contribution in [0.1, 0.15) is 68.9 Å². The lowest BCUT2D eigenvalue weighted by Crippen LogP contribution is -2.25. The summed E-state index contributed by atoms with van der Waals surface area (Å²) in [7, 11) is 0. The number of rotatable bonds is 8. The first kappa shape index (κ1) is 23.5. The summed E-state index contributed by atoms with van der Waals surface area (Å²) in [4.78, 5) is 0. The first-order valence-electron chi connectivity index (χ1n) is 10.7. The van der Waals surface area contributed by atoms with Crippen LogP contribution in [0.15, 0.2) is 30.3 Å². The lowest BCUT2D eigenvalue weighted by atomic mass is 9.77. The number of benzene rings is 2. The van der Waals surface area contributed by atoms with Gasteiger partial charge in [0.25, 0.3) is 0 Å². The minimum absolute atomic E-state index is 0.114. The van der Waals surface area contributed by atoms with E-state index in [1.165, 1.54) is 18.6 Å². The average Bonchev–Trinajstić information content (AvgIpc) is 2.71. The van der Waals surface area contributed by atoms with Gasteiger partial charge in [-0.25, -0.2) is 17.6 Å². The zero-order valence-corrected chi connectivity index (χ0v) is 17.4. The van der Waals surface area contributed by atoms with Crippen LogP contribution in [0.25, 0.3) is 0 Å². The molecule has 1 aliphatic carbocycles. The fraction of sp³-hybridized carbons (Fsp3) is 0.500. The molecular formula is C24H26F6O. The summed E-state index contributed by atoms with van der Waals surface area (Å²) in [5.74, 6) is -5.40. The molecule has 0 heterocycles. The molecule has 2 aromatic rings. The largest absolute Gasteiger partial charge is 0.432 e. The van der Waals surface area contributed by atoms with E-state index in [9.17, 15) is 26.3 Å². The van der Waals surface area contributed by atoms with E-state index in [1.807, 2.05) is 0 Å². The van der Waals surface area contributed by atoms with Gasteiger partial charge < -0.3 is 4.74 Å². The fourth-order valence-electron chi connectivity index (χ4n) is 4.31. The number of ether oxygens (including phenoxy) is 1. The van der Waals surface area contributed by atoms with Crippen LogP contribution in [-0.4, -0.2) is 6.11 Å². The molecule has 0 unspecified atom stereocenters. The summed E-state index contributed by atoms with van der Waals surface area (Å²) >= 11 is 0. The van der Waals surface area contributed by atoms with Gasteiger partial charge in [0.15, 0.2) is 17.5 Å². The molecule has 0 saturated heterocycles. The molecule has 0 N–H and O–H groups in total. The summed E-state index contributed by atoms with van der Waals surface area (Å²) in [6.07, 6.45) is 1.60. The molecular weight excluding hydrogens is 418 g/mol. The molecule has 1 fully saturated rings. The van der Waals surface area contributed by atoms with E-state index in [1.54, 1.807) is 6.07 Å². The van der Waals surface area contributed by atoms with Gasteiger partial charge in [0.1, 0.15) is 11.6 Å². The van der Waals surface area contributed by atoms with Crippen LogP contribution in [0.3, 0.4) is 0 Å². The molecule has 1 aliphatic rings. The minimum Gasteiger partial charge on any atom is -0.432 e. The maximum absolute atomic E-state index is 14.5. The SMILES string of the molecule is CCCC1CCC(c2ccc(CCC(F)(F)Oc3cc(F)c(F)c(F)c3)c(F)c2)CC1. The highest BCUT2D eigenvalue weighted by molar-refractivity contribution is 5.28. The highest BCUT2D eigenvalue weighted by atomic mass is 19.3. The van der Waals surface area contributed by atoms with E-state index in [4.69, 9.17) is 0 Å². The van der Waals surface area contributed by atoms with E-state index in [0.29, 0.717) is 12.1 Å². The number of hydrogen-bond acceptors (Lipinski definition) is 1. The Morgan fingerprint density at radius 2 is 1.55 bits per heavy atom. The first-order chi connectivity index (χ1) is 14.7. The fourth-order valence-corrected chi connectivity index (χ4v) is 4.31. The van der Waals surface area contributed by atoms with Crippen LogP contribution in [-0.2, 0) is 6.42 Å². The zero-order valence-electron chi connectivity index (χ0n) is 17.4. The normalized spacial score (nSPS) is 19.5. The van der Waals surface area contributed by atoms with Gasteiger partial charge in [0, 0.05) is 12.1 Å². The average molecular weight is 444 g/mol. The van der Waals surface area contributed by atoms with Gasteiger partial charge in [-0.3, -0.25) is 0 Å². The van der Waals surface area contributed by atoms with E-state index < -0.39 is 41.5 Å². The number of halogens is 6. The predicted molar refractivity (Wildman–Crippen MR) is 106 cm³/mol. The zero-order chi connectivity index (χ0) is 22.6. The van der Waals surface area contributed by atoms with Crippen molar-refractivity contribution in [1.82, 2.24) is 0 Å². The Hall–Kier alpha value is -2.18. The first-order valence-corrected chi connectivity index (χ1v) is 10.7. The number of alkyl halides is 2. The molecule has 0 radical (unpaired) electrons. The molecule has 0 aliphatic heterocycles. The summed E-state index contributed by atoms with van der Waals surface area (Å²) in [5.41, 5.74) is 1.000. The van der Waals surface area contributed by atoms with Crippen LogP contribution in [0.4, 0.5) is 26.3 Å². The van der Waals surface area contributed by atoms with Crippen molar-refractivity contribution in [3.05, 3.63) is 64.7 Å². The second-order valence-corrected chi connectivity index (χ2v) is 8.30. The van der Waals surface area contributed by atoms with Crippen molar-refractivity contribution in [2.45, 2.75) is 70.3 Å². The van der Waals surface area contributed by atoms with Crippen molar-refractivity contribution >= 4 is 0 Å². The third-order valence-corrected chi connectivity index (χ3v) is 6.00. The summed E-state index contributed by atoms with van der Waals surface area (Å²) in [6, 6.07) is 5.40. The molecule has 1 nitrogen and oxygen atoms in total. The molecule has 1 saturated carbocycles. The second kappa shape index (κ2) is 9.96. The van der Waals surface area contributed by atoms with Gasteiger partial charge in [-0.2, -0.15) is 8.78 Å². The minimum atomic E-state index is -3.81. The molecule has 7 heteroatoms. The van der Waals surface area contributed by atoms with Gasteiger partial charge in [-0.15, -0.1) is 0 Å². The Morgan fingerprint density at radius 3 is 2.13 bits per heavy atom. The molecule has 170 valence electrons. The molecule has 3 rings (SSSR count). The molecule has 0 bridgehead atoms. The van der Waals surface area contributed by atoms with Crippen LogP contribution in [0, 0.1) is 29.2 Å². The molecule has 0 amide bonds. The van der Waals surface area contributed by atoms with Crippen molar-refractivity contribution in [2.75, 3.05) is 0 Å². The van der Waals surface area contributed by atoms with E-state index >= 15 is 0 Å². The molecule has 2 aromatic carbocycles. The van der Waals surface area contributed by atoms with Gasteiger partial charge >= 0.3 is 6.11 Å². The van der Waals surface area contributed by atoms with Crippen LogP contribution in [0.2, 0.25) is 0 Å². The monoisotopic (exact) mass is 444 g/mol. The molecule has 0 spiro atoms. The van der Waals surface area contributed by atoms with Crippen LogP contribution in [0.5, 0.6) is 5.75 Å². The van der Waals surface area contributed by atoms with Gasteiger partial charge in [-0.05, 0) is 61.1 Å². The van der Waals surface area contributed by atoms with Crippen molar-refractivity contribution in [2.24, 2.45) is 5.92 Å².